The molecule has 1 N–H and O–H groups in total. The fourth-order valence-corrected chi connectivity index (χ4v) is 18.8. The maximum absolute atomic E-state index is 14.2. The summed E-state index contributed by atoms with van der Waals surface area (Å²) in [5, 5.41) is 19.7. The van der Waals surface area contributed by atoms with Gasteiger partial charge < -0.3 is 61.1 Å². The number of ether oxygens (including phenoxy) is 8. The largest absolute Gasteiger partial charge is 1.00 e. The summed E-state index contributed by atoms with van der Waals surface area (Å²) in [6.07, 6.45) is 2.56. The van der Waals surface area contributed by atoms with Gasteiger partial charge in [-0.25, -0.2) is 9.59 Å². The summed E-state index contributed by atoms with van der Waals surface area (Å²) in [7, 11) is 6.59. The van der Waals surface area contributed by atoms with Gasteiger partial charge in [-0.2, -0.15) is 0 Å². The molecule has 1 saturated heterocycles. The Labute approximate surface area is 884 Å². The van der Waals surface area contributed by atoms with Crippen LogP contribution in [0.5, 0.6) is 46.0 Å². The summed E-state index contributed by atoms with van der Waals surface area (Å²) in [5.74, 6) is 2.93. The monoisotopic (exact) mass is 2060 g/mol. The van der Waals surface area contributed by atoms with Crippen molar-refractivity contribution in [2.24, 2.45) is 0 Å². The molecular formula is C119H92Cl7FLiN3O14. The van der Waals surface area contributed by atoms with Crippen molar-refractivity contribution in [3.63, 3.8) is 0 Å². The second-order valence-electron chi connectivity index (χ2n) is 32.6. The van der Waals surface area contributed by atoms with E-state index in [9.17, 15) is 23.6 Å². The molecule has 1 fully saturated rings. The minimum absolute atomic E-state index is 0. The van der Waals surface area contributed by atoms with Gasteiger partial charge in [0.1, 0.15) is 62.7 Å². The van der Waals surface area contributed by atoms with Gasteiger partial charge in [0.15, 0.2) is 11.6 Å². The molecule has 0 spiro atoms. The number of hydrogen-bond donors (Lipinski definition) is 1. The summed E-state index contributed by atoms with van der Waals surface area (Å²) < 4.78 is 70.4. The number of ketones is 2. The number of methoxy groups -OCH3 is 5. The van der Waals surface area contributed by atoms with Gasteiger partial charge in [-0.3, -0.25) is 14.0 Å². The van der Waals surface area contributed by atoms with Gasteiger partial charge in [-0.1, -0.05) is 275 Å². The summed E-state index contributed by atoms with van der Waals surface area (Å²) in [5.41, 5.74) is 16.2. The second-order valence-corrected chi connectivity index (χ2v) is 35.5. The van der Waals surface area contributed by atoms with Crippen molar-refractivity contribution in [2.75, 3.05) is 55.9 Å². The van der Waals surface area contributed by atoms with Gasteiger partial charge in [0.25, 0.3) is 0 Å². The van der Waals surface area contributed by atoms with Gasteiger partial charge in [0, 0.05) is 87.3 Å². The molecule has 21 aromatic rings. The van der Waals surface area contributed by atoms with Gasteiger partial charge in [-0.15, -0.1) is 29.7 Å². The number of hydrogen-bond acceptors (Lipinski definition) is 14. The van der Waals surface area contributed by atoms with E-state index in [0.29, 0.717) is 88.5 Å². The molecule has 2 aliphatic rings. The van der Waals surface area contributed by atoms with E-state index in [1.165, 1.54) is 60.0 Å². The Bertz CT molecular complexity index is 8180. The molecule has 0 bridgehead atoms. The fourth-order valence-electron chi connectivity index (χ4n) is 17.3. The minimum atomic E-state index is -1.00. The molecule has 724 valence electrons. The summed E-state index contributed by atoms with van der Waals surface area (Å²) >= 11 is 41.9. The molecule has 145 heavy (non-hydrogen) atoms. The Morgan fingerprint density at radius 2 is 0.766 bits per heavy atom. The number of esters is 2. The number of phenolic OH excluding ortho intramolecular Hbond substituents is 1. The van der Waals surface area contributed by atoms with Crippen LogP contribution >= 0.6 is 81.2 Å². The zero-order valence-electron chi connectivity index (χ0n) is 80.3. The van der Waals surface area contributed by atoms with Gasteiger partial charge in [-0.05, 0) is 203 Å². The maximum atomic E-state index is 14.2. The number of fused-ring (bicyclic) bond motifs is 17. The van der Waals surface area contributed by atoms with Crippen molar-refractivity contribution in [3.8, 4) is 57.1 Å². The molecule has 1 aliphatic heterocycles. The van der Waals surface area contributed by atoms with Crippen LogP contribution < -0.4 is 42.5 Å². The first-order chi connectivity index (χ1) is 70.6. The molecule has 5 heterocycles. The number of carbonyl (C=O) groups excluding carboxylic acids is 4. The third-order valence-corrected chi connectivity index (χ3v) is 26.3. The third kappa shape index (κ3) is 23.3. The van der Waals surface area contributed by atoms with Crippen LogP contribution in [0.3, 0.4) is 0 Å². The molecular weight excluding hydrogens is 1970 g/mol. The predicted molar refractivity (Wildman–Crippen MR) is 578 cm³/mol. The number of carbonyl (C=O) groups is 4. The van der Waals surface area contributed by atoms with Crippen molar-refractivity contribution >= 4 is 192 Å². The third-order valence-electron chi connectivity index (χ3n) is 24.1. The molecule has 1 aliphatic carbocycles. The number of benzene rings is 17. The average Bonchev–Trinajstić information content (AvgIpc) is 1.54. The number of rotatable bonds is 17. The fraction of sp³-hybridized carbons (Fsp3) is 0.109. The van der Waals surface area contributed by atoms with Crippen LogP contribution in [0.2, 0.25) is 35.2 Å². The Kier molecular flexibility index (Phi) is 35.1. The number of para-hydroxylation sites is 7. The smallest absolute Gasteiger partial charge is 0.506 e. The Balaban J connectivity index is 0.000000137. The van der Waals surface area contributed by atoms with E-state index in [2.05, 4.69) is 145 Å². The number of phenols is 1. The molecule has 0 atom stereocenters. The topological polar surface area (TPSA) is 190 Å². The Morgan fingerprint density at radius 3 is 1.26 bits per heavy atom. The maximum Gasteiger partial charge on any atom is 1.00 e. The zero-order chi connectivity index (χ0) is 102. The molecule has 0 amide bonds. The van der Waals surface area contributed by atoms with Crippen molar-refractivity contribution < 1.29 is 91.2 Å². The van der Waals surface area contributed by atoms with E-state index in [-0.39, 0.29) is 52.3 Å². The van der Waals surface area contributed by atoms with Gasteiger partial charge in [0.05, 0.1) is 107 Å². The first-order valence-corrected chi connectivity index (χ1v) is 48.0. The van der Waals surface area contributed by atoms with Gasteiger partial charge >= 0.3 is 30.8 Å². The molecule has 0 unspecified atom stereocenters. The number of furan rings is 1. The van der Waals surface area contributed by atoms with Crippen LogP contribution in [0, 0.1) is 6.07 Å². The minimum Gasteiger partial charge on any atom is -0.506 e. The standard InChI is InChI=1S/C33H23Cl2NO3.C33H21NO3.C20H16NO.C14H10Cl2O3.C8H6Cl2O2.C6H5ClO.C4H8O.CH3F.Li/c1-38-22-18-16-21(17-19-22)20-36-27-12-4-2-8-23(27)31-24(9-6-13-28(31)36)33(37)32-26(35)11-7-15-30(32)39-29-14-5-3-10-25(29)34;1-36-20-12-10-19(11-13-20)18-34-26-8-4-2-7-25(26)29-27(34)17-16-22-23-14-15-24-21-6-3-5-9-28(21)37-33(24)31(23)32(35)30(22)29;1-22-16-12-10-15(11-13-16)14-21-19-8-4-2-6-17(19)18-7-3-5-9-20(18)21;1-18-14(17)13-10(16)6-4-8-12(13)19-11-7-3-2-5-9(11)15;1-12-8(11)7-5(9)3-2-4-6(7)10;7-5-3-1-2-4-6(5)8;1-2-4-5-3-1;1-2;/h2-19H,20H2,1H3;2-17H,18H2,1H3;2-6,8-13H,14H2,1H3;2-8H,1H3;2-4H,1H3;1-4,8H;1-4H2;1H3;/q;;-1;;;;;;+1/i;;;;;;;1D;. The number of halogens is 8. The molecule has 0 saturated carbocycles. The summed E-state index contributed by atoms with van der Waals surface area (Å²) in [6, 6.07) is 117. The van der Waals surface area contributed by atoms with Gasteiger partial charge in [0.2, 0.25) is 0 Å². The molecule has 26 heteroatoms. The number of aromatic hydroxyl groups is 1. The molecule has 0 radical (unpaired) electrons. The van der Waals surface area contributed by atoms with Crippen LogP contribution in [-0.4, -0.2) is 98.2 Å². The van der Waals surface area contributed by atoms with Crippen molar-refractivity contribution in [1.82, 2.24) is 13.7 Å². The van der Waals surface area contributed by atoms with E-state index >= 15 is 0 Å². The van der Waals surface area contributed by atoms with E-state index in [0.717, 1.165) is 119 Å². The number of aromatic nitrogens is 3. The van der Waals surface area contributed by atoms with E-state index in [1.54, 1.807) is 137 Å². The first kappa shape index (κ1) is 103. The molecule has 23 rings (SSSR count). The Hall–Kier alpha value is -14.5. The SMILES string of the molecule is C1CCOC1.COC(=O)c1c(Cl)cccc1Cl.COC(=O)c1c(Cl)cccc1Oc1ccccc1Cl.COc1ccc(Cn2c3ccc[c-]c3c3ccccc32)cc1.COc1ccc(Cn2c3ccccc3c3c(C(=O)c4c(Cl)cccc4Oc4ccccc4Cl)cccc32)cc1.COc1ccc(Cn2c3ccccc3c3c4c(ccc32)-c2ccc3c(oc5ccccc53)c2C4=O)cc1.Oc1ccccc1Cl.[2H]CF.[Li+]. The summed E-state index contributed by atoms with van der Waals surface area (Å²) in [4.78, 5) is 51.2. The van der Waals surface area contributed by atoms with Crippen LogP contribution in [0.1, 0.15) is 83.5 Å². The van der Waals surface area contributed by atoms with Crippen LogP contribution in [0.4, 0.5) is 4.39 Å². The molecule has 4 aromatic heterocycles. The van der Waals surface area contributed by atoms with Crippen molar-refractivity contribution in [2.45, 2.75) is 32.5 Å². The quantitative estimate of drug-likeness (QED) is 0.0392. The van der Waals surface area contributed by atoms with Crippen molar-refractivity contribution in [3.05, 3.63) is 449 Å². The Morgan fingerprint density at radius 1 is 0.379 bits per heavy atom. The molecule has 17 nitrogen and oxygen atoms in total. The normalized spacial score (nSPS) is 11.5. The average molecular weight is 2060 g/mol. The van der Waals surface area contributed by atoms with Crippen molar-refractivity contribution in [1.29, 1.82) is 0 Å². The molecule has 17 aromatic carbocycles. The number of nitrogens with zero attached hydrogens (tertiary/aromatic N) is 3. The van der Waals surface area contributed by atoms with Crippen LogP contribution in [0.15, 0.2) is 362 Å². The van der Waals surface area contributed by atoms with Crippen LogP contribution in [-0.2, 0) is 33.8 Å². The number of alkyl halides is 1. The summed E-state index contributed by atoms with van der Waals surface area (Å²) in [6.45, 7) is 4.17. The van der Waals surface area contributed by atoms with E-state index in [4.69, 9.17) is 121 Å². The van der Waals surface area contributed by atoms with E-state index in [1.807, 2.05) is 127 Å². The second kappa shape index (κ2) is 49.2. The first-order valence-electron chi connectivity index (χ1n) is 46.1. The van der Waals surface area contributed by atoms with E-state index < -0.39 is 19.1 Å². The predicted octanol–water partition coefficient (Wildman–Crippen LogP) is 29.6. The zero-order valence-corrected chi connectivity index (χ0v) is 84.6. The van der Waals surface area contributed by atoms with Crippen LogP contribution in [0.25, 0.3) is 98.5 Å².